The molecule has 0 atom stereocenters. The molecule has 2 heterocycles. The average Bonchev–Trinajstić information content (AvgIpc) is 2.88. The van der Waals surface area contributed by atoms with Crippen LogP contribution in [0.5, 0.6) is 0 Å². The summed E-state index contributed by atoms with van der Waals surface area (Å²) < 4.78 is 0. The van der Waals surface area contributed by atoms with Crippen molar-refractivity contribution in [3.05, 3.63) is 85.8 Å². The molecule has 0 aliphatic heterocycles. The molecule has 1 aliphatic carbocycles. The Labute approximate surface area is 233 Å². The lowest BCUT2D eigenvalue weighted by Crippen LogP contribution is -2.23. The first-order chi connectivity index (χ1) is 18.2. The topological polar surface area (TPSA) is 92.8 Å². The van der Waals surface area contributed by atoms with Crippen LogP contribution in [0, 0.1) is 0 Å². The van der Waals surface area contributed by atoms with Crippen LogP contribution >= 0.6 is 35.0 Å². The van der Waals surface area contributed by atoms with Gasteiger partial charge in [0.25, 0.3) is 5.56 Å². The van der Waals surface area contributed by atoms with E-state index in [0.29, 0.717) is 15.4 Å². The summed E-state index contributed by atoms with van der Waals surface area (Å²) in [6.07, 6.45) is 4.55. The molecule has 2 aromatic heterocycles. The molecule has 0 spiro atoms. The van der Waals surface area contributed by atoms with Gasteiger partial charge in [0, 0.05) is 15.6 Å². The van der Waals surface area contributed by atoms with Crippen molar-refractivity contribution in [1.82, 2.24) is 15.0 Å². The van der Waals surface area contributed by atoms with Gasteiger partial charge in [0.05, 0.1) is 11.1 Å². The van der Waals surface area contributed by atoms with E-state index in [1.165, 1.54) is 13.8 Å². The number of carbonyl (C=O) groups is 2. The molecule has 1 N–H and O–H groups in total. The van der Waals surface area contributed by atoms with E-state index in [-0.39, 0.29) is 27.9 Å². The van der Waals surface area contributed by atoms with Crippen molar-refractivity contribution in [3.63, 3.8) is 0 Å². The largest absolute Gasteiger partial charge is 0.301 e. The number of rotatable bonds is 6. The van der Waals surface area contributed by atoms with Gasteiger partial charge >= 0.3 is 0 Å². The van der Waals surface area contributed by atoms with Gasteiger partial charge in [-0.15, -0.1) is 0 Å². The number of nitrogens with zero attached hydrogens (tertiary/aromatic N) is 2. The molecular formula is C29H23Cl2N3O3S. The lowest BCUT2D eigenvalue weighted by Gasteiger charge is -2.23. The number of hydrogen-bond acceptors (Lipinski definition) is 6. The molecule has 0 unspecified atom stereocenters. The van der Waals surface area contributed by atoms with Crippen LogP contribution in [-0.2, 0) is 16.0 Å². The van der Waals surface area contributed by atoms with Gasteiger partial charge in [-0.3, -0.25) is 14.4 Å². The summed E-state index contributed by atoms with van der Waals surface area (Å²) in [5.41, 5.74) is 5.27. The SMILES string of the molecule is CC(=O)C(Sc1nc2nc3c(c(-c4ccc(Cl)cc4)c2c(=O)[nH]1)CCC/C3=C\c1ccc(Cl)cc1)C(C)=O. The Kier molecular flexibility index (Phi) is 7.52. The van der Waals surface area contributed by atoms with Crippen molar-refractivity contribution in [2.45, 2.75) is 43.5 Å². The zero-order valence-electron chi connectivity index (χ0n) is 20.7. The first-order valence-electron chi connectivity index (χ1n) is 12.1. The lowest BCUT2D eigenvalue weighted by atomic mass is 9.84. The van der Waals surface area contributed by atoms with Crippen LogP contribution in [0.25, 0.3) is 33.8 Å². The summed E-state index contributed by atoms with van der Waals surface area (Å²) in [7, 11) is 0. The maximum atomic E-state index is 13.5. The molecule has 9 heteroatoms. The number of ketones is 2. The molecule has 38 heavy (non-hydrogen) atoms. The molecule has 6 nitrogen and oxygen atoms in total. The van der Waals surface area contributed by atoms with Crippen LogP contribution in [0.15, 0.2) is 58.5 Å². The number of allylic oxidation sites excluding steroid dienone is 1. The standard InChI is InChI=1S/C29H23Cl2N3O3S/c1-15(35)26(16(2)36)38-29-33-27-24(28(37)34-29)23(18-8-12-21(31)13-9-18)22-5-3-4-19(25(22)32-27)14-17-6-10-20(30)11-7-17/h6-14,26H,3-5H2,1-2H3,(H,32,33,34,37)/b19-14+. The fourth-order valence-corrected chi connectivity index (χ4v) is 5.83. The highest BCUT2D eigenvalue weighted by molar-refractivity contribution is 8.01. The second-order valence-corrected chi connectivity index (χ2v) is 11.2. The molecule has 0 saturated carbocycles. The van der Waals surface area contributed by atoms with Gasteiger partial charge in [-0.1, -0.05) is 59.2 Å². The number of Topliss-reactive ketones (excluding diaryl/α,β-unsaturated/α-hetero) is 2. The summed E-state index contributed by atoms with van der Waals surface area (Å²) in [5, 5.41) is 0.837. The molecule has 0 fully saturated rings. The monoisotopic (exact) mass is 563 g/mol. The Morgan fingerprint density at radius 3 is 2.21 bits per heavy atom. The van der Waals surface area contributed by atoms with E-state index in [0.717, 1.165) is 64.5 Å². The quantitative estimate of drug-likeness (QED) is 0.157. The van der Waals surface area contributed by atoms with Gasteiger partial charge in [0.15, 0.2) is 22.4 Å². The first-order valence-corrected chi connectivity index (χ1v) is 13.7. The zero-order chi connectivity index (χ0) is 27.0. The number of benzene rings is 2. The maximum absolute atomic E-state index is 13.5. The van der Waals surface area contributed by atoms with E-state index in [1.807, 2.05) is 36.4 Å². The number of aromatic amines is 1. The van der Waals surface area contributed by atoms with Gasteiger partial charge in [0.2, 0.25) is 0 Å². The van der Waals surface area contributed by atoms with Gasteiger partial charge in [0.1, 0.15) is 5.25 Å². The molecule has 192 valence electrons. The molecule has 0 amide bonds. The predicted octanol–water partition coefficient (Wildman–Crippen LogP) is 6.81. The Hall–Kier alpha value is -3.26. The van der Waals surface area contributed by atoms with Crippen LogP contribution in [0.4, 0.5) is 0 Å². The minimum atomic E-state index is -0.954. The minimum Gasteiger partial charge on any atom is -0.301 e. The first kappa shape index (κ1) is 26.4. The number of nitrogens with one attached hydrogen (secondary N) is 1. The van der Waals surface area contributed by atoms with Gasteiger partial charge in [-0.25, -0.2) is 9.97 Å². The van der Waals surface area contributed by atoms with E-state index in [9.17, 15) is 14.4 Å². The minimum absolute atomic E-state index is 0.173. The predicted molar refractivity (Wildman–Crippen MR) is 154 cm³/mol. The third kappa shape index (κ3) is 5.32. The number of halogens is 2. The second-order valence-electron chi connectivity index (χ2n) is 9.18. The van der Waals surface area contributed by atoms with Crippen molar-refractivity contribution in [1.29, 1.82) is 0 Å². The number of pyridine rings is 1. The van der Waals surface area contributed by atoms with Crippen LogP contribution < -0.4 is 5.56 Å². The van der Waals surface area contributed by atoms with Crippen LogP contribution in [-0.4, -0.2) is 31.8 Å². The Morgan fingerprint density at radius 2 is 1.58 bits per heavy atom. The average molecular weight is 564 g/mol. The fraction of sp³-hybridized carbons (Fsp3) is 0.207. The van der Waals surface area contributed by atoms with Gasteiger partial charge in [-0.2, -0.15) is 0 Å². The summed E-state index contributed by atoms with van der Waals surface area (Å²) in [6, 6.07) is 14.9. The molecule has 2 aromatic carbocycles. The molecule has 4 aromatic rings. The van der Waals surface area contributed by atoms with E-state index in [1.54, 1.807) is 12.1 Å². The Bertz CT molecular complexity index is 1650. The molecule has 0 bridgehead atoms. The second kappa shape index (κ2) is 10.8. The van der Waals surface area contributed by atoms with Crippen molar-refractivity contribution in [2.24, 2.45) is 0 Å². The highest BCUT2D eigenvalue weighted by atomic mass is 35.5. The van der Waals surface area contributed by atoms with Crippen LogP contribution in [0.1, 0.15) is 43.5 Å². The van der Waals surface area contributed by atoms with Crippen LogP contribution in [0.2, 0.25) is 10.0 Å². The summed E-state index contributed by atoms with van der Waals surface area (Å²) in [5.74, 6) is -0.614. The fourth-order valence-electron chi connectivity index (χ4n) is 4.73. The number of H-pyrrole nitrogens is 1. The van der Waals surface area contributed by atoms with Gasteiger partial charge < -0.3 is 4.98 Å². The normalized spacial score (nSPS) is 14.2. The van der Waals surface area contributed by atoms with E-state index < -0.39 is 5.25 Å². The highest BCUT2D eigenvalue weighted by Gasteiger charge is 2.27. The van der Waals surface area contributed by atoms with Gasteiger partial charge in [-0.05, 0) is 85.7 Å². The molecule has 5 rings (SSSR count). The Balaban J connectivity index is 1.76. The zero-order valence-corrected chi connectivity index (χ0v) is 23.0. The number of aromatic nitrogens is 3. The van der Waals surface area contributed by atoms with E-state index >= 15 is 0 Å². The number of hydrogen-bond donors (Lipinski definition) is 1. The third-order valence-electron chi connectivity index (χ3n) is 6.42. The summed E-state index contributed by atoms with van der Waals surface area (Å²) in [4.78, 5) is 49.9. The van der Waals surface area contributed by atoms with Crippen molar-refractivity contribution in [3.8, 4) is 11.1 Å². The number of fused-ring (bicyclic) bond motifs is 2. The van der Waals surface area contributed by atoms with Crippen molar-refractivity contribution >= 4 is 69.2 Å². The summed E-state index contributed by atoms with van der Waals surface area (Å²) in [6.45, 7) is 2.69. The number of thioether (sulfide) groups is 1. The maximum Gasteiger partial charge on any atom is 0.261 e. The van der Waals surface area contributed by atoms with E-state index in [4.69, 9.17) is 28.2 Å². The van der Waals surface area contributed by atoms with Crippen LogP contribution in [0.3, 0.4) is 0 Å². The smallest absolute Gasteiger partial charge is 0.261 e. The van der Waals surface area contributed by atoms with Crippen molar-refractivity contribution in [2.75, 3.05) is 0 Å². The highest BCUT2D eigenvalue weighted by Crippen LogP contribution is 2.40. The summed E-state index contributed by atoms with van der Waals surface area (Å²) >= 11 is 13.2. The molecular weight excluding hydrogens is 541 g/mol. The molecule has 0 saturated heterocycles. The Morgan fingerprint density at radius 1 is 0.947 bits per heavy atom. The number of carbonyl (C=O) groups excluding carboxylic acids is 2. The lowest BCUT2D eigenvalue weighted by molar-refractivity contribution is -0.123. The third-order valence-corrected chi connectivity index (χ3v) is 8.24. The van der Waals surface area contributed by atoms with E-state index in [2.05, 4.69) is 16.0 Å². The molecule has 1 aliphatic rings. The molecule has 0 radical (unpaired) electrons. The van der Waals surface area contributed by atoms with Crippen molar-refractivity contribution < 1.29 is 9.59 Å².